The number of nitrogens with zero attached hydrogens (tertiary/aromatic N) is 2. The molecule has 0 spiro atoms. The van der Waals surface area contributed by atoms with Gasteiger partial charge in [0.2, 0.25) is 5.89 Å². The molecule has 6 nitrogen and oxygen atoms in total. The molecule has 1 fully saturated rings. The average molecular weight is 370 g/mol. The summed E-state index contributed by atoms with van der Waals surface area (Å²) in [6.07, 6.45) is 1.23. The lowest BCUT2D eigenvalue weighted by Crippen LogP contribution is -2.40. The van der Waals surface area contributed by atoms with Crippen LogP contribution in [0.25, 0.3) is 11.1 Å². The fourth-order valence-electron chi connectivity index (χ4n) is 3.11. The van der Waals surface area contributed by atoms with Crippen LogP contribution < -0.4 is 0 Å². The van der Waals surface area contributed by atoms with E-state index in [9.17, 15) is 9.59 Å². The summed E-state index contributed by atoms with van der Waals surface area (Å²) in [6.45, 7) is 1.17. The molecule has 1 aliphatic rings. The van der Waals surface area contributed by atoms with Gasteiger partial charge in [0.25, 0.3) is 5.91 Å². The highest BCUT2D eigenvalue weighted by atomic mass is 32.1. The average Bonchev–Trinajstić information content (AvgIpc) is 3.35. The lowest BCUT2D eigenvalue weighted by molar-refractivity contribution is -0.152. The van der Waals surface area contributed by atoms with Crippen molar-refractivity contribution in [2.75, 3.05) is 13.1 Å². The van der Waals surface area contributed by atoms with Crippen LogP contribution in [0, 0.1) is 5.92 Å². The van der Waals surface area contributed by atoms with E-state index in [4.69, 9.17) is 9.15 Å². The van der Waals surface area contributed by atoms with Crippen molar-refractivity contribution in [2.24, 2.45) is 5.92 Å². The molecular weight excluding hydrogens is 352 g/mol. The van der Waals surface area contributed by atoms with Gasteiger partial charge in [0.1, 0.15) is 5.52 Å². The van der Waals surface area contributed by atoms with Crippen molar-refractivity contribution in [1.82, 2.24) is 9.88 Å². The van der Waals surface area contributed by atoms with Crippen LogP contribution in [0.2, 0.25) is 0 Å². The molecule has 2 aromatic heterocycles. The van der Waals surface area contributed by atoms with Gasteiger partial charge in [-0.2, -0.15) is 0 Å². The molecule has 0 atom stereocenters. The molecule has 3 heterocycles. The first-order chi connectivity index (χ1) is 12.7. The van der Waals surface area contributed by atoms with Crippen molar-refractivity contribution in [3.05, 3.63) is 52.5 Å². The number of thiophene rings is 1. The Labute approximate surface area is 154 Å². The maximum atomic E-state index is 12.3. The number of hydrogen-bond acceptors (Lipinski definition) is 6. The maximum absolute atomic E-state index is 12.3. The molecule has 0 unspecified atom stereocenters. The van der Waals surface area contributed by atoms with E-state index in [1.165, 1.54) is 11.3 Å². The molecule has 1 aliphatic heterocycles. The minimum Gasteiger partial charge on any atom is -0.455 e. The van der Waals surface area contributed by atoms with E-state index in [0.29, 0.717) is 37.4 Å². The number of esters is 1. The van der Waals surface area contributed by atoms with Crippen molar-refractivity contribution < 1.29 is 18.7 Å². The van der Waals surface area contributed by atoms with Crippen molar-refractivity contribution in [3.63, 3.8) is 0 Å². The lowest BCUT2D eigenvalue weighted by atomic mass is 9.97. The second kappa shape index (κ2) is 7.29. The first-order valence-corrected chi connectivity index (χ1v) is 9.42. The quantitative estimate of drug-likeness (QED) is 0.658. The number of aromatic nitrogens is 1. The van der Waals surface area contributed by atoms with Gasteiger partial charge in [-0.3, -0.25) is 9.59 Å². The monoisotopic (exact) mass is 370 g/mol. The van der Waals surface area contributed by atoms with Crippen LogP contribution in [-0.2, 0) is 16.1 Å². The maximum Gasteiger partial charge on any atom is 0.309 e. The first-order valence-electron chi connectivity index (χ1n) is 8.54. The Morgan fingerprint density at radius 1 is 1.19 bits per heavy atom. The third-order valence-electron chi connectivity index (χ3n) is 4.52. The second-order valence-corrected chi connectivity index (χ2v) is 7.17. The number of carbonyl (C=O) groups is 2. The van der Waals surface area contributed by atoms with Crippen LogP contribution in [0.1, 0.15) is 28.4 Å². The van der Waals surface area contributed by atoms with Gasteiger partial charge in [0.15, 0.2) is 12.2 Å². The Morgan fingerprint density at radius 3 is 2.73 bits per heavy atom. The topological polar surface area (TPSA) is 72.6 Å². The van der Waals surface area contributed by atoms with E-state index < -0.39 is 0 Å². The van der Waals surface area contributed by atoms with Crippen LogP contribution in [-0.4, -0.2) is 34.8 Å². The zero-order valence-corrected chi connectivity index (χ0v) is 14.9. The minimum atomic E-state index is -0.254. The third kappa shape index (κ3) is 3.48. The molecule has 1 amide bonds. The number of para-hydroxylation sites is 2. The molecule has 0 radical (unpaired) electrons. The summed E-state index contributed by atoms with van der Waals surface area (Å²) in [6, 6.07) is 11.1. The first kappa shape index (κ1) is 16.8. The fourth-order valence-corrected chi connectivity index (χ4v) is 3.80. The molecule has 0 bridgehead atoms. The summed E-state index contributed by atoms with van der Waals surface area (Å²) < 4.78 is 10.9. The Balaban J connectivity index is 1.29. The smallest absolute Gasteiger partial charge is 0.309 e. The zero-order valence-electron chi connectivity index (χ0n) is 14.1. The summed E-state index contributed by atoms with van der Waals surface area (Å²) in [5, 5.41) is 1.89. The second-order valence-electron chi connectivity index (χ2n) is 6.23. The third-order valence-corrected chi connectivity index (χ3v) is 5.38. The number of piperidine rings is 1. The number of oxazole rings is 1. The SMILES string of the molecule is O=C(OCc1nc2ccccc2o1)C1CCN(C(=O)c2cccs2)CC1. The van der Waals surface area contributed by atoms with Crippen LogP contribution in [0.15, 0.2) is 46.2 Å². The van der Waals surface area contributed by atoms with Crippen molar-refractivity contribution >= 4 is 34.3 Å². The van der Waals surface area contributed by atoms with E-state index in [1.54, 1.807) is 4.90 Å². The number of hydrogen-bond donors (Lipinski definition) is 0. The van der Waals surface area contributed by atoms with E-state index in [1.807, 2.05) is 41.8 Å². The van der Waals surface area contributed by atoms with Gasteiger partial charge in [0, 0.05) is 13.1 Å². The summed E-state index contributed by atoms with van der Waals surface area (Å²) in [7, 11) is 0. The summed E-state index contributed by atoms with van der Waals surface area (Å²) >= 11 is 1.44. The Morgan fingerprint density at radius 2 is 2.00 bits per heavy atom. The van der Waals surface area contributed by atoms with Gasteiger partial charge in [-0.25, -0.2) is 4.98 Å². The van der Waals surface area contributed by atoms with E-state index in [0.717, 1.165) is 10.4 Å². The lowest BCUT2D eigenvalue weighted by Gasteiger charge is -2.30. The largest absolute Gasteiger partial charge is 0.455 e. The molecule has 0 aliphatic carbocycles. The molecule has 26 heavy (non-hydrogen) atoms. The Bertz CT molecular complexity index is 878. The molecule has 3 aromatic rings. The highest BCUT2D eigenvalue weighted by molar-refractivity contribution is 7.12. The van der Waals surface area contributed by atoms with Crippen LogP contribution in [0.5, 0.6) is 0 Å². The van der Waals surface area contributed by atoms with E-state index >= 15 is 0 Å². The standard InChI is InChI=1S/C19H18N2O4S/c22-18(16-6-3-11-26-16)21-9-7-13(8-10-21)19(23)24-12-17-20-14-4-1-2-5-15(14)25-17/h1-6,11,13H,7-10,12H2. The number of ether oxygens (including phenoxy) is 1. The highest BCUT2D eigenvalue weighted by Crippen LogP contribution is 2.22. The Hall–Kier alpha value is -2.67. The van der Waals surface area contributed by atoms with Crippen molar-refractivity contribution in [3.8, 4) is 0 Å². The minimum absolute atomic E-state index is 0.0296. The number of fused-ring (bicyclic) bond motifs is 1. The normalized spacial score (nSPS) is 15.3. The van der Waals surface area contributed by atoms with E-state index in [-0.39, 0.29) is 24.4 Å². The molecule has 1 aromatic carbocycles. The number of carbonyl (C=O) groups excluding carboxylic acids is 2. The molecule has 1 saturated heterocycles. The molecule has 0 saturated carbocycles. The molecule has 134 valence electrons. The molecule has 4 rings (SSSR count). The predicted molar refractivity (Wildman–Crippen MR) is 96.8 cm³/mol. The van der Waals surface area contributed by atoms with Gasteiger partial charge in [-0.15, -0.1) is 11.3 Å². The predicted octanol–water partition coefficient (Wildman–Crippen LogP) is 3.48. The number of likely N-dealkylation sites (tertiary alicyclic amines) is 1. The summed E-state index contributed by atoms with van der Waals surface area (Å²) in [5.41, 5.74) is 1.43. The van der Waals surface area contributed by atoms with Crippen LogP contribution in [0.4, 0.5) is 0 Å². The fraction of sp³-hybridized carbons (Fsp3) is 0.316. The number of benzene rings is 1. The van der Waals surface area contributed by atoms with Crippen molar-refractivity contribution in [2.45, 2.75) is 19.4 Å². The summed E-state index contributed by atoms with van der Waals surface area (Å²) in [5.74, 6) is -0.00889. The van der Waals surface area contributed by atoms with Gasteiger partial charge >= 0.3 is 5.97 Å². The van der Waals surface area contributed by atoms with E-state index in [2.05, 4.69) is 4.98 Å². The van der Waals surface area contributed by atoms with Crippen LogP contribution >= 0.6 is 11.3 Å². The number of rotatable bonds is 4. The molecular formula is C19H18N2O4S. The number of amides is 1. The van der Waals surface area contributed by atoms with Gasteiger partial charge in [0.05, 0.1) is 10.8 Å². The molecule has 0 N–H and O–H groups in total. The van der Waals surface area contributed by atoms with Gasteiger partial charge < -0.3 is 14.1 Å². The van der Waals surface area contributed by atoms with Crippen molar-refractivity contribution in [1.29, 1.82) is 0 Å². The molecule has 7 heteroatoms. The van der Waals surface area contributed by atoms with Crippen LogP contribution in [0.3, 0.4) is 0 Å². The summed E-state index contributed by atoms with van der Waals surface area (Å²) in [4.78, 5) is 31.5. The van der Waals surface area contributed by atoms with Gasteiger partial charge in [-0.05, 0) is 36.4 Å². The van der Waals surface area contributed by atoms with Gasteiger partial charge in [-0.1, -0.05) is 18.2 Å². The highest BCUT2D eigenvalue weighted by Gasteiger charge is 2.29. The Kier molecular flexibility index (Phi) is 4.71. The zero-order chi connectivity index (χ0) is 17.9.